The number of carbonyl (C=O) groups excluding carboxylic acids is 2. The maximum absolute atomic E-state index is 11.5. The number of alkyl carbamates (subject to hydrolysis) is 1. The highest BCUT2D eigenvalue weighted by atomic mass is 16.6. The minimum Gasteiger partial charge on any atom is -0.490 e. The van der Waals surface area contributed by atoms with Gasteiger partial charge in [0.05, 0.1) is 0 Å². The molecule has 2 heterocycles. The van der Waals surface area contributed by atoms with E-state index >= 15 is 0 Å². The van der Waals surface area contributed by atoms with Crippen LogP contribution in [0.5, 0.6) is 5.75 Å². The number of hydrogen-bond acceptors (Lipinski definition) is 7. The molecule has 1 aromatic heterocycles. The first kappa shape index (κ1) is 21.6. The molecule has 4 rings (SSSR count). The topological polar surface area (TPSA) is 111 Å². The molecule has 8 nitrogen and oxygen atoms in total. The van der Waals surface area contributed by atoms with Crippen LogP contribution in [0.4, 0.5) is 4.79 Å². The maximum Gasteiger partial charge on any atom is 0.414 e. The number of amides is 2. The van der Waals surface area contributed by atoms with Gasteiger partial charge in [0.1, 0.15) is 29.9 Å². The Morgan fingerprint density at radius 2 is 1.88 bits per heavy atom. The molecule has 1 saturated heterocycles. The van der Waals surface area contributed by atoms with Crippen LogP contribution in [0.1, 0.15) is 36.0 Å². The van der Waals surface area contributed by atoms with Gasteiger partial charge in [0.15, 0.2) is 6.10 Å². The summed E-state index contributed by atoms with van der Waals surface area (Å²) in [6.45, 7) is 1.81. The molecule has 32 heavy (non-hydrogen) atoms. The third-order valence-corrected chi connectivity index (χ3v) is 5.20. The number of benzene rings is 2. The van der Waals surface area contributed by atoms with E-state index < -0.39 is 18.3 Å². The predicted molar refractivity (Wildman–Crippen MR) is 115 cm³/mol. The maximum atomic E-state index is 11.5. The van der Waals surface area contributed by atoms with Crippen LogP contribution in [0.25, 0.3) is 11.5 Å². The van der Waals surface area contributed by atoms with Crippen LogP contribution in [0, 0.1) is 6.92 Å². The quantitative estimate of drug-likeness (QED) is 0.526. The third-order valence-electron chi connectivity index (χ3n) is 5.20. The van der Waals surface area contributed by atoms with Gasteiger partial charge in [-0.1, -0.05) is 30.3 Å². The van der Waals surface area contributed by atoms with Crippen LogP contribution in [-0.4, -0.2) is 34.8 Å². The fraction of sp³-hybridized carbons (Fsp3) is 0.292. The number of oxazole rings is 1. The lowest BCUT2D eigenvalue weighted by Crippen LogP contribution is -2.24. The first-order valence-corrected chi connectivity index (χ1v) is 10.4. The second-order valence-electron chi connectivity index (χ2n) is 7.57. The molecule has 2 amide bonds. The Labute approximate surface area is 185 Å². The summed E-state index contributed by atoms with van der Waals surface area (Å²) in [6, 6.07) is 17.0. The number of hydrogen-bond donors (Lipinski definition) is 2. The highest BCUT2D eigenvalue weighted by Gasteiger charge is 2.31. The average molecular weight is 436 g/mol. The summed E-state index contributed by atoms with van der Waals surface area (Å²) < 4.78 is 16.3. The zero-order valence-corrected chi connectivity index (χ0v) is 17.6. The standard InChI is InChI=1S/C24H24N2O6/c1-15-21(25-23(31-15)17-7-3-2-4-8-17)19(27)14-30-18-12-10-16(11-13-18)6-5-9-20-22(28)26-24(29)32-20/h2-4,7-8,10-13,19-20,27H,5-6,9,14H2,1H3,(H,26,28,29). The zero-order valence-electron chi connectivity index (χ0n) is 17.6. The van der Waals surface area contributed by atoms with Gasteiger partial charge >= 0.3 is 6.09 Å². The van der Waals surface area contributed by atoms with Crippen molar-refractivity contribution in [3.63, 3.8) is 0 Å². The Bertz CT molecular complexity index is 1080. The third kappa shape index (κ3) is 5.15. The molecular weight excluding hydrogens is 412 g/mol. The lowest BCUT2D eigenvalue weighted by molar-refractivity contribution is -0.123. The highest BCUT2D eigenvalue weighted by molar-refractivity contribution is 5.99. The van der Waals surface area contributed by atoms with Gasteiger partial charge in [0.25, 0.3) is 5.91 Å². The Kier molecular flexibility index (Phi) is 6.51. The van der Waals surface area contributed by atoms with Crippen LogP contribution in [0.2, 0.25) is 0 Å². The first-order chi connectivity index (χ1) is 15.5. The summed E-state index contributed by atoms with van der Waals surface area (Å²) in [6.07, 6.45) is -0.375. The highest BCUT2D eigenvalue weighted by Crippen LogP contribution is 2.26. The van der Waals surface area contributed by atoms with Gasteiger partial charge < -0.3 is 19.0 Å². The van der Waals surface area contributed by atoms with E-state index in [1.807, 2.05) is 54.6 Å². The van der Waals surface area contributed by atoms with Crippen molar-refractivity contribution in [2.45, 2.75) is 38.4 Å². The number of aromatic nitrogens is 1. The van der Waals surface area contributed by atoms with E-state index in [0.717, 1.165) is 17.5 Å². The van der Waals surface area contributed by atoms with E-state index in [1.165, 1.54) is 0 Å². The molecule has 0 aliphatic carbocycles. The van der Waals surface area contributed by atoms with Crippen LogP contribution < -0.4 is 10.1 Å². The summed E-state index contributed by atoms with van der Waals surface area (Å²) in [5, 5.41) is 12.6. The van der Waals surface area contributed by atoms with E-state index in [1.54, 1.807) is 6.92 Å². The lowest BCUT2D eigenvalue weighted by atomic mass is 10.1. The SMILES string of the molecule is Cc1oc(-c2ccccc2)nc1C(O)COc1ccc(CCCC2OC(=O)NC2=O)cc1. The van der Waals surface area contributed by atoms with Crippen LogP contribution in [0.3, 0.4) is 0 Å². The molecule has 0 spiro atoms. The number of rotatable bonds is 9. The molecule has 0 bridgehead atoms. The molecule has 0 radical (unpaired) electrons. The Morgan fingerprint density at radius 1 is 1.12 bits per heavy atom. The molecule has 1 aliphatic rings. The fourth-order valence-electron chi connectivity index (χ4n) is 3.50. The number of imide groups is 1. The molecule has 8 heteroatoms. The van der Waals surface area contributed by atoms with Gasteiger partial charge in [0.2, 0.25) is 5.89 Å². The number of ether oxygens (including phenoxy) is 2. The van der Waals surface area contributed by atoms with Gasteiger partial charge in [-0.2, -0.15) is 0 Å². The molecule has 2 aromatic carbocycles. The van der Waals surface area contributed by atoms with Crippen molar-refractivity contribution in [1.29, 1.82) is 0 Å². The average Bonchev–Trinajstić information content (AvgIpc) is 3.34. The number of carbonyl (C=O) groups is 2. The summed E-state index contributed by atoms with van der Waals surface area (Å²) in [7, 11) is 0. The Hall–Kier alpha value is -3.65. The summed E-state index contributed by atoms with van der Waals surface area (Å²) in [4.78, 5) is 26.9. The minimum atomic E-state index is -0.920. The Morgan fingerprint density at radius 3 is 2.56 bits per heavy atom. The fourth-order valence-corrected chi connectivity index (χ4v) is 3.50. The normalized spacial score (nSPS) is 16.5. The number of aryl methyl sites for hydroxylation is 2. The van der Waals surface area contributed by atoms with Gasteiger partial charge in [-0.25, -0.2) is 9.78 Å². The van der Waals surface area contributed by atoms with Crippen molar-refractivity contribution in [2.24, 2.45) is 0 Å². The van der Waals surface area contributed by atoms with E-state index in [4.69, 9.17) is 13.9 Å². The molecule has 2 N–H and O–H groups in total. The van der Waals surface area contributed by atoms with Crippen LogP contribution >= 0.6 is 0 Å². The van der Waals surface area contributed by atoms with E-state index in [0.29, 0.717) is 35.9 Å². The second-order valence-corrected chi connectivity index (χ2v) is 7.57. The van der Waals surface area contributed by atoms with Crippen molar-refractivity contribution >= 4 is 12.0 Å². The van der Waals surface area contributed by atoms with Crippen molar-refractivity contribution in [2.75, 3.05) is 6.61 Å². The Balaban J connectivity index is 1.26. The number of nitrogens with zero attached hydrogens (tertiary/aromatic N) is 1. The molecule has 1 fully saturated rings. The van der Waals surface area contributed by atoms with Crippen LogP contribution in [0.15, 0.2) is 59.0 Å². The van der Waals surface area contributed by atoms with E-state index in [2.05, 4.69) is 10.3 Å². The summed E-state index contributed by atoms with van der Waals surface area (Å²) in [5.41, 5.74) is 2.37. The first-order valence-electron chi connectivity index (χ1n) is 10.4. The molecular formula is C24H24N2O6. The number of aliphatic hydroxyl groups excluding tert-OH is 1. The largest absolute Gasteiger partial charge is 0.490 e. The van der Waals surface area contributed by atoms with Gasteiger partial charge in [-0.15, -0.1) is 0 Å². The van der Waals surface area contributed by atoms with Gasteiger partial charge in [-0.3, -0.25) is 10.1 Å². The van der Waals surface area contributed by atoms with Crippen molar-refractivity contribution < 1.29 is 28.6 Å². The van der Waals surface area contributed by atoms with E-state index in [9.17, 15) is 14.7 Å². The minimum absolute atomic E-state index is 0.0448. The van der Waals surface area contributed by atoms with Crippen molar-refractivity contribution in [3.8, 4) is 17.2 Å². The molecule has 1 aliphatic heterocycles. The van der Waals surface area contributed by atoms with E-state index in [-0.39, 0.29) is 12.5 Å². The predicted octanol–water partition coefficient (Wildman–Crippen LogP) is 3.72. The number of cyclic esters (lactones) is 1. The van der Waals surface area contributed by atoms with Crippen molar-refractivity contribution in [1.82, 2.24) is 10.3 Å². The zero-order chi connectivity index (χ0) is 22.5. The monoisotopic (exact) mass is 436 g/mol. The summed E-state index contributed by atoms with van der Waals surface area (Å²) in [5.74, 6) is 1.26. The van der Waals surface area contributed by atoms with Gasteiger partial charge in [-0.05, 0) is 56.0 Å². The molecule has 2 unspecified atom stereocenters. The lowest BCUT2D eigenvalue weighted by Gasteiger charge is -2.11. The number of aliphatic hydroxyl groups is 1. The molecule has 2 atom stereocenters. The summed E-state index contributed by atoms with van der Waals surface area (Å²) >= 11 is 0. The smallest absolute Gasteiger partial charge is 0.414 e. The molecule has 0 saturated carbocycles. The van der Waals surface area contributed by atoms with Crippen molar-refractivity contribution in [3.05, 3.63) is 71.6 Å². The second kappa shape index (κ2) is 9.65. The number of nitrogens with one attached hydrogen (secondary N) is 1. The molecule has 166 valence electrons. The molecule has 3 aromatic rings. The van der Waals surface area contributed by atoms with Crippen LogP contribution in [-0.2, 0) is 16.0 Å². The van der Waals surface area contributed by atoms with Gasteiger partial charge in [0, 0.05) is 5.56 Å².